The number of rotatable bonds is 5. The fourth-order valence-corrected chi connectivity index (χ4v) is 5.71. The number of fused-ring (bicyclic) bond motifs is 1. The molecule has 0 saturated carbocycles. The Hall–Kier alpha value is -3.01. The van der Waals surface area contributed by atoms with Gasteiger partial charge in [0.25, 0.3) is 15.9 Å². The molecule has 2 N–H and O–H groups in total. The summed E-state index contributed by atoms with van der Waals surface area (Å²) >= 11 is 7.14. The Morgan fingerprint density at radius 1 is 1.00 bits per heavy atom. The van der Waals surface area contributed by atoms with Crippen molar-refractivity contribution in [1.29, 1.82) is 0 Å². The monoisotopic (exact) mass is 486 g/mol. The molecule has 0 saturated heterocycles. The summed E-state index contributed by atoms with van der Waals surface area (Å²) in [6.07, 6.45) is 0. The van der Waals surface area contributed by atoms with Crippen LogP contribution >= 0.6 is 22.9 Å². The number of sulfonamides is 1. The van der Waals surface area contributed by atoms with Crippen LogP contribution in [0, 0.1) is 20.8 Å². The van der Waals surface area contributed by atoms with Gasteiger partial charge in [-0.1, -0.05) is 17.7 Å². The third-order valence-electron chi connectivity index (χ3n) is 4.79. The van der Waals surface area contributed by atoms with Crippen molar-refractivity contribution in [3.63, 3.8) is 0 Å². The molecule has 0 radical (unpaired) electrons. The van der Waals surface area contributed by atoms with Crippen molar-refractivity contribution in [3.05, 3.63) is 75.5 Å². The molecule has 32 heavy (non-hydrogen) atoms. The largest absolute Gasteiger partial charge is 0.321 e. The summed E-state index contributed by atoms with van der Waals surface area (Å²) in [6.45, 7) is 5.59. The van der Waals surface area contributed by atoms with Gasteiger partial charge in [-0.3, -0.25) is 9.52 Å². The van der Waals surface area contributed by atoms with Gasteiger partial charge in [-0.05, 0) is 68.8 Å². The first-order valence-corrected chi connectivity index (χ1v) is 12.3. The van der Waals surface area contributed by atoms with Crippen LogP contribution in [-0.2, 0) is 10.0 Å². The zero-order valence-electron chi connectivity index (χ0n) is 17.4. The molecule has 2 aromatic heterocycles. The van der Waals surface area contributed by atoms with Gasteiger partial charge in [0.15, 0.2) is 0 Å². The molecule has 0 unspecified atom stereocenters. The number of nitrogens with one attached hydrogen (secondary N) is 2. The highest BCUT2D eigenvalue weighted by molar-refractivity contribution is 7.92. The summed E-state index contributed by atoms with van der Waals surface area (Å²) in [4.78, 5) is 23.2. The lowest BCUT2D eigenvalue weighted by Crippen LogP contribution is -2.14. The van der Waals surface area contributed by atoms with Crippen molar-refractivity contribution in [2.24, 2.45) is 0 Å². The number of amides is 1. The van der Waals surface area contributed by atoms with Crippen LogP contribution in [0.1, 0.15) is 26.8 Å². The minimum Gasteiger partial charge on any atom is -0.321 e. The van der Waals surface area contributed by atoms with E-state index in [1.54, 1.807) is 24.3 Å². The Labute approximate surface area is 194 Å². The fraction of sp³-hybridized carbons (Fsp3) is 0.136. The number of thiophene rings is 1. The lowest BCUT2D eigenvalue weighted by atomic mass is 10.1. The third kappa shape index (κ3) is 4.45. The van der Waals surface area contributed by atoms with Crippen molar-refractivity contribution in [2.45, 2.75) is 25.7 Å². The van der Waals surface area contributed by atoms with Crippen LogP contribution in [0.2, 0.25) is 5.02 Å². The number of nitrogens with zero attached hydrogens (tertiary/aromatic N) is 2. The standard InChI is InChI=1S/C22H19ClN4O3S2/c1-12-19-13(2)24-14(3)25-22(19)31-20(12)21(28)26-16-5-4-6-17(11-16)27-32(29,30)18-9-7-15(23)8-10-18/h4-11,27H,1-3H3,(H,26,28). The summed E-state index contributed by atoms with van der Waals surface area (Å²) in [6, 6.07) is 12.4. The molecule has 0 aliphatic rings. The molecule has 164 valence electrons. The fourth-order valence-electron chi connectivity index (χ4n) is 3.37. The van der Waals surface area contributed by atoms with E-state index in [9.17, 15) is 13.2 Å². The van der Waals surface area contributed by atoms with Crippen LogP contribution in [0.4, 0.5) is 11.4 Å². The number of halogens is 1. The maximum absolute atomic E-state index is 13.0. The topological polar surface area (TPSA) is 101 Å². The average Bonchev–Trinajstić information content (AvgIpc) is 3.05. The molecule has 0 aliphatic heterocycles. The molecule has 1 amide bonds. The number of benzene rings is 2. The van der Waals surface area contributed by atoms with Gasteiger partial charge in [0, 0.05) is 21.8 Å². The predicted molar refractivity (Wildman–Crippen MR) is 128 cm³/mol. The molecular weight excluding hydrogens is 468 g/mol. The van der Waals surface area contributed by atoms with E-state index in [2.05, 4.69) is 20.0 Å². The Kier molecular flexibility index (Phi) is 5.89. The Morgan fingerprint density at radius 2 is 1.69 bits per heavy atom. The molecule has 0 atom stereocenters. The summed E-state index contributed by atoms with van der Waals surface area (Å²) < 4.78 is 27.8. The van der Waals surface area contributed by atoms with Crippen molar-refractivity contribution < 1.29 is 13.2 Å². The molecule has 0 bridgehead atoms. The van der Waals surface area contributed by atoms with Crippen LogP contribution in [-0.4, -0.2) is 24.3 Å². The smallest absolute Gasteiger partial charge is 0.266 e. The predicted octanol–water partition coefficient (Wildman–Crippen LogP) is 5.32. The molecule has 0 spiro atoms. The number of aromatic nitrogens is 2. The molecular formula is C22H19ClN4O3S2. The van der Waals surface area contributed by atoms with E-state index < -0.39 is 10.0 Å². The van der Waals surface area contributed by atoms with Gasteiger partial charge in [-0.2, -0.15) is 0 Å². The van der Waals surface area contributed by atoms with E-state index in [0.29, 0.717) is 27.1 Å². The maximum atomic E-state index is 13.0. The Balaban J connectivity index is 1.57. The normalized spacial score (nSPS) is 11.5. The molecule has 0 fully saturated rings. The Bertz CT molecular complexity index is 1450. The molecule has 0 aliphatic carbocycles. The molecule has 2 heterocycles. The number of anilines is 2. The lowest BCUT2D eigenvalue weighted by Gasteiger charge is -2.10. The SMILES string of the molecule is Cc1nc(C)c2c(C)c(C(=O)Nc3cccc(NS(=O)(=O)c4ccc(Cl)cc4)c3)sc2n1. The minimum atomic E-state index is -3.79. The van der Waals surface area contributed by atoms with E-state index >= 15 is 0 Å². The molecule has 4 aromatic rings. The first-order chi connectivity index (χ1) is 15.1. The number of carbonyl (C=O) groups excluding carboxylic acids is 1. The van der Waals surface area contributed by atoms with Crippen LogP contribution < -0.4 is 10.0 Å². The van der Waals surface area contributed by atoms with Crippen molar-refractivity contribution in [1.82, 2.24) is 9.97 Å². The molecule has 4 rings (SSSR count). The third-order valence-corrected chi connectivity index (χ3v) is 7.62. The Morgan fingerprint density at radius 3 is 2.41 bits per heavy atom. The van der Waals surface area contributed by atoms with Crippen LogP contribution in [0.3, 0.4) is 0 Å². The van der Waals surface area contributed by atoms with Crippen LogP contribution in [0.15, 0.2) is 53.4 Å². The quantitative estimate of drug-likeness (QED) is 0.397. The second-order valence-electron chi connectivity index (χ2n) is 7.19. The number of aryl methyl sites for hydroxylation is 3. The number of carbonyl (C=O) groups is 1. The first kappa shape index (κ1) is 22.2. The van der Waals surface area contributed by atoms with Gasteiger partial charge in [0.05, 0.1) is 15.5 Å². The molecule has 2 aromatic carbocycles. The first-order valence-electron chi connectivity index (χ1n) is 9.58. The lowest BCUT2D eigenvalue weighted by molar-refractivity contribution is 0.103. The number of hydrogen-bond donors (Lipinski definition) is 2. The molecule has 7 nitrogen and oxygen atoms in total. The zero-order chi connectivity index (χ0) is 23.0. The second-order valence-corrected chi connectivity index (χ2v) is 10.3. The zero-order valence-corrected chi connectivity index (χ0v) is 19.8. The van der Waals surface area contributed by atoms with E-state index in [1.807, 2.05) is 20.8 Å². The highest BCUT2D eigenvalue weighted by atomic mass is 35.5. The van der Waals surface area contributed by atoms with Crippen molar-refractivity contribution >= 4 is 60.5 Å². The van der Waals surface area contributed by atoms with E-state index in [4.69, 9.17) is 11.6 Å². The average molecular weight is 487 g/mol. The second kappa shape index (κ2) is 8.50. The van der Waals surface area contributed by atoms with Crippen LogP contribution in [0.25, 0.3) is 10.2 Å². The van der Waals surface area contributed by atoms with Gasteiger partial charge >= 0.3 is 0 Å². The maximum Gasteiger partial charge on any atom is 0.266 e. The van der Waals surface area contributed by atoms with Gasteiger partial charge < -0.3 is 5.32 Å². The van der Waals surface area contributed by atoms with Crippen molar-refractivity contribution in [3.8, 4) is 0 Å². The highest BCUT2D eigenvalue weighted by Gasteiger charge is 2.19. The van der Waals surface area contributed by atoms with Gasteiger partial charge in [-0.15, -0.1) is 11.3 Å². The van der Waals surface area contributed by atoms with Gasteiger partial charge in [0.1, 0.15) is 10.7 Å². The summed E-state index contributed by atoms with van der Waals surface area (Å²) in [5, 5.41) is 4.17. The van der Waals surface area contributed by atoms with E-state index in [1.165, 1.54) is 35.6 Å². The van der Waals surface area contributed by atoms with Gasteiger partial charge in [-0.25, -0.2) is 18.4 Å². The van der Waals surface area contributed by atoms with E-state index in [0.717, 1.165) is 21.5 Å². The summed E-state index contributed by atoms with van der Waals surface area (Å²) in [5.74, 6) is 0.365. The van der Waals surface area contributed by atoms with Gasteiger partial charge in [0.2, 0.25) is 0 Å². The summed E-state index contributed by atoms with van der Waals surface area (Å²) in [7, 11) is -3.79. The van der Waals surface area contributed by atoms with E-state index in [-0.39, 0.29) is 10.8 Å². The van der Waals surface area contributed by atoms with Crippen molar-refractivity contribution in [2.75, 3.05) is 10.0 Å². The minimum absolute atomic E-state index is 0.0870. The molecule has 10 heteroatoms. The van der Waals surface area contributed by atoms with Crippen LogP contribution in [0.5, 0.6) is 0 Å². The number of hydrogen-bond acceptors (Lipinski definition) is 6. The summed E-state index contributed by atoms with van der Waals surface area (Å²) in [5.41, 5.74) is 2.43. The highest BCUT2D eigenvalue weighted by Crippen LogP contribution is 2.32.